The lowest BCUT2D eigenvalue weighted by Gasteiger charge is -1.95. The van der Waals surface area contributed by atoms with Gasteiger partial charge in [-0.2, -0.15) is 0 Å². The minimum absolute atomic E-state index is 0.0722. The maximum atomic E-state index is 11.1. The summed E-state index contributed by atoms with van der Waals surface area (Å²) < 4.78 is 1.90. The molecule has 0 unspecified atom stereocenters. The van der Waals surface area contributed by atoms with Crippen LogP contribution < -0.4 is 0 Å². The number of aromatic nitrogens is 2. The fourth-order valence-corrected chi connectivity index (χ4v) is 1.40. The molecule has 0 fully saturated rings. The Labute approximate surface area is 100 Å². The Hall–Kier alpha value is -2.34. The highest BCUT2D eigenvalue weighted by atomic mass is 16.1. The molecular formula is C14H12N2O. The van der Waals surface area contributed by atoms with Crippen LogP contribution in [0.2, 0.25) is 0 Å². The van der Waals surface area contributed by atoms with Crippen molar-refractivity contribution >= 4 is 5.78 Å². The van der Waals surface area contributed by atoms with Crippen LogP contribution in [0.15, 0.2) is 43.0 Å². The maximum absolute atomic E-state index is 11.1. The summed E-state index contributed by atoms with van der Waals surface area (Å²) in [6.45, 7) is 2.17. The molecule has 0 amide bonds. The second-order valence-electron chi connectivity index (χ2n) is 3.67. The van der Waals surface area contributed by atoms with Crippen LogP contribution in [0.25, 0.3) is 0 Å². The molecule has 0 bridgehead atoms. The van der Waals surface area contributed by atoms with E-state index in [9.17, 15) is 4.79 Å². The number of Topliss-reactive ketones (excluding diaryl/α,β-unsaturated/α-hetero) is 1. The third-order valence-electron chi connectivity index (χ3n) is 2.34. The topological polar surface area (TPSA) is 34.9 Å². The lowest BCUT2D eigenvalue weighted by atomic mass is 10.1. The predicted molar refractivity (Wildman–Crippen MR) is 65.6 cm³/mol. The SMILES string of the molecule is CC(=O)c1ccc(C#CCn2ccnc2)cc1. The lowest BCUT2D eigenvalue weighted by Crippen LogP contribution is -1.91. The normalized spacial score (nSPS) is 9.47. The van der Waals surface area contributed by atoms with Gasteiger partial charge in [0.25, 0.3) is 0 Å². The van der Waals surface area contributed by atoms with Crippen LogP contribution in [0, 0.1) is 11.8 Å². The molecule has 84 valence electrons. The molecule has 0 aliphatic rings. The lowest BCUT2D eigenvalue weighted by molar-refractivity contribution is 0.101. The molecule has 1 heterocycles. The number of ketones is 1. The summed E-state index contributed by atoms with van der Waals surface area (Å²) >= 11 is 0. The molecule has 0 saturated heterocycles. The van der Waals surface area contributed by atoms with Gasteiger partial charge < -0.3 is 4.57 Å². The van der Waals surface area contributed by atoms with E-state index < -0.39 is 0 Å². The first-order valence-corrected chi connectivity index (χ1v) is 5.31. The Morgan fingerprint density at radius 3 is 2.71 bits per heavy atom. The molecule has 17 heavy (non-hydrogen) atoms. The molecule has 2 aromatic rings. The number of hydrogen-bond acceptors (Lipinski definition) is 2. The number of imidazole rings is 1. The zero-order valence-corrected chi connectivity index (χ0v) is 9.55. The minimum Gasteiger partial charge on any atom is -0.326 e. The van der Waals surface area contributed by atoms with Crippen LogP contribution in [0.5, 0.6) is 0 Å². The van der Waals surface area contributed by atoms with Crippen LogP contribution in [0.1, 0.15) is 22.8 Å². The molecule has 0 spiro atoms. The number of carbonyl (C=O) groups is 1. The number of nitrogens with zero attached hydrogens (tertiary/aromatic N) is 2. The summed E-state index contributed by atoms with van der Waals surface area (Å²) in [7, 11) is 0. The van der Waals surface area contributed by atoms with E-state index in [4.69, 9.17) is 0 Å². The van der Waals surface area contributed by atoms with Crippen molar-refractivity contribution in [2.45, 2.75) is 13.5 Å². The van der Waals surface area contributed by atoms with Gasteiger partial charge in [-0.05, 0) is 19.1 Å². The Kier molecular flexibility index (Phi) is 3.37. The molecule has 0 atom stereocenters. The fourth-order valence-electron chi connectivity index (χ4n) is 1.40. The molecule has 0 radical (unpaired) electrons. The molecule has 3 nitrogen and oxygen atoms in total. The standard InChI is InChI=1S/C14H12N2O/c1-12(17)14-6-4-13(5-7-14)3-2-9-16-10-8-15-11-16/h4-8,10-11H,9H2,1H3. The first-order chi connectivity index (χ1) is 8.25. The Morgan fingerprint density at radius 1 is 1.35 bits per heavy atom. The molecule has 0 N–H and O–H groups in total. The summed E-state index contributed by atoms with van der Waals surface area (Å²) in [5.41, 5.74) is 1.63. The zero-order valence-electron chi connectivity index (χ0n) is 9.55. The first kappa shape index (κ1) is 11.2. The second kappa shape index (κ2) is 5.13. The van der Waals surface area contributed by atoms with E-state index in [-0.39, 0.29) is 5.78 Å². The molecule has 0 saturated carbocycles. The van der Waals surface area contributed by atoms with Crippen LogP contribution in [-0.4, -0.2) is 15.3 Å². The minimum atomic E-state index is 0.0722. The molecule has 0 aliphatic carbocycles. The van der Waals surface area contributed by atoms with E-state index in [1.165, 1.54) is 0 Å². The summed E-state index contributed by atoms with van der Waals surface area (Å²) in [4.78, 5) is 15.0. The average Bonchev–Trinajstić information content (AvgIpc) is 2.83. The highest BCUT2D eigenvalue weighted by molar-refractivity contribution is 5.94. The van der Waals surface area contributed by atoms with E-state index >= 15 is 0 Å². The molecule has 1 aromatic carbocycles. The molecule has 1 aromatic heterocycles. The Morgan fingerprint density at radius 2 is 2.12 bits per heavy atom. The van der Waals surface area contributed by atoms with Gasteiger partial charge in [-0.25, -0.2) is 4.98 Å². The number of carbonyl (C=O) groups excluding carboxylic acids is 1. The number of benzene rings is 1. The molecule has 3 heteroatoms. The molecule has 2 rings (SSSR count). The van der Waals surface area contributed by atoms with Crippen molar-refractivity contribution in [3.8, 4) is 11.8 Å². The van der Waals surface area contributed by atoms with Gasteiger partial charge in [0.2, 0.25) is 0 Å². The van der Waals surface area contributed by atoms with Crippen molar-refractivity contribution in [3.05, 3.63) is 54.1 Å². The van der Waals surface area contributed by atoms with Gasteiger partial charge in [-0.15, -0.1) is 0 Å². The van der Waals surface area contributed by atoms with Crippen molar-refractivity contribution in [1.82, 2.24) is 9.55 Å². The largest absolute Gasteiger partial charge is 0.326 e. The quantitative estimate of drug-likeness (QED) is 0.578. The third-order valence-corrected chi connectivity index (χ3v) is 2.34. The van der Waals surface area contributed by atoms with Crippen LogP contribution in [0.4, 0.5) is 0 Å². The Bertz CT molecular complexity index is 557. The summed E-state index contributed by atoms with van der Waals surface area (Å²) in [5, 5.41) is 0. The van der Waals surface area contributed by atoms with E-state index in [0.29, 0.717) is 12.1 Å². The van der Waals surface area contributed by atoms with E-state index in [1.54, 1.807) is 31.6 Å². The monoisotopic (exact) mass is 224 g/mol. The maximum Gasteiger partial charge on any atom is 0.159 e. The summed E-state index contributed by atoms with van der Waals surface area (Å²) in [6.07, 6.45) is 5.32. The average molecular weight is 224 g/mol. The van der Waals surface area contributed by atoms with Crippen LogP contribution >= 0.6 is 0 Å². The summed E-state index contributed by atoms with van der Waals surface area (Å²) in [5.74, 6) is 6.15. The zero-order chi connectivity index (χ0) is 12.1. The van der Waals surface area contributed by atoms with Crippen molar-refractivity contribution in [2.75, 3.05) is 0 Å². The van der Waals surface area contributed by atoms with Gasteiger partial charge >= 0.3 is 0 Å². The second-order valence-corrected chi connectivity index (χ2v) is 3.67. The van der Waals surface area contributed by atoms with Gasteiger partial charge in [0.15, 0.2) is 5.78 Å². The summed E-state index contributed by atoms with van der Waals surface area (Å²) in [6, 6.07) is 7.31. The number of hydrogen-bond donors (Lipinski definition) is 0. The van der Waals surface area contributed by atoms with Gasteiger partial charge in [0, 0.05) is 23.5 Å². The Balaban J connectivity index is 2.04. The van der Waals surface area contributed by atoms with Crippen molar-refractivity contribution < 1.29 is 4.79 Å². The van der Waals surface area contributed by atoms with Gasteiger partial charge in [-0.1, -0.05) is 24.0 Å². The van der Waals surface area contributed by atoms with E-state index in [1.807, 2.05) is 22.9 Å². The highest BCUT2D eigenvalue weighted by Crippen LogP contribution is 2.03. The third kappa shape index (κ3) is 3.05. The number of rotatable bonds is 2. The fraction of sp³-hybridized carbons (Fsp3) is 0.143. The van der Waals surface area contributed by atoms with Crippen molar-refractivity contribution in [2.24, 2.45) is 0 Å². The smallest absolute Gasteiger partial charge is 0.159 e. The highest BCUT2D eigenvalue weighted by Gasteiger charge is 1.96. The van der Waals surface area contributed by atoms with Crippen LogP contribution in [0.3, 0.4) is 0 Å². The molecule has 0 aliphatic heterocycles. The predicted octanol–water partition coefficient (Wildman–Crippen LogP) is 2.14. The van der Waals surface area contributed by atoms with Crippen molar-refractivity contribution in [1.29, 1.82) is 0 Å². The van der Waals surface area contributed by atoms with Gasteiger partial charge in [-0.3, -0.25) is 4.79 Å². The van der Waals surface area contributed by atoms with Crippen LogP contribution in [-0.2, 0) is 6.54 Å². The van der Waals surface area contributed by atoms with Gasteiger partial charge in [0.1, 0.15) is 0 Å². The first-order valence-electron chi connectivity index (χ1n) is 5.31. The molecular weight excluding hydrogens is 212 g/mol. The van der Waals surface area contributed by atoms with E-state index in [2.05, 4.69) is 16.8 Å². The van der Waals surface area contributed by atoms with Crippen molar-refractivity contribution in [3.63, 3.8) is 0 Å². The van der Waals surface area contributed by atoms with E-state index in [0.717, 1.165) is 5.56 Å². The van der Waals surface area contributed by atoms with Gasteiger partial charge in [0.05, 0.1) is 12.9 Å².